The number of aryl methyl sites for hydroxylation is 1. The summed E-state index contributed by atoms with van der Waals surface area (Å²) >= 11 is 5.79. The van der Waals surface area contributed by atoms with Crippen molar-refractivity contribution in [1.29, 1.82) is 0 Å². The van der Waals surface area contributed by atoms with E-state index < -0.39 is 4.92 Å². The van der Waals surface area contributed by atoms with Crippen molar-refractivity contribution in [3.63, 3.8) is 0 Å². The van der Waals surface area contributed by atoms with E-state index in [1.165, 1.54) is 6.07 Å². The van der Waals surface area contributed by atoms with E-state index in [4.69, 9.17) is 16.0 Å². The number of halogens is 1. The average molecular weight is 304 g/mol. The molecule has 0 amide bonds. The number of hydrogen-bond acceptors (Lipinski definition) is 5. The molecule has 0 saturated carbocycles. The van der Waals surface area contributed by atoms with E-state index in [9.17, 15) is 10.1 Å². The Hall–Kier alpha value is -2.60. The fourth-order valence-corrected chi connectivity index (χ4v) is 2.20. The molecule has 0 bridgehead atoms. The lowest BCUT2D eigenvalue weighted by Gasteiger charge is -2.07. The monoisotopic (exact) mass is 303 g/mol. The molecule has 6 nitrogen and oxygen atoms in total. The number of aromatic nitrogens is 1. The van der Waals surface area contributed by atoms with Crippen LogP contribution in [0.3, 0.4) is 0 Å². The fourth-order valence-electron chi connectivity index (χ4n) is 2.04. The molecule has 0 unspecified atom stereocenters. The van der Waals surface area contributed by atoms with Crippen molar-refractivity contribution >= 4 is 39.8 Å². The standard InChI is InChI=1S/C14H10ClN3O3/c1-8-16-12-7-10(3-5-14(12)21-8)17-11-4-2-9(15)6-13(11)18(19)20/h2-7,17H,1H3. The molecule has 1 N–H and O–H groups in total. The molecule has 1 heterocycles. The molecule has 2 aromatic carbocycles. The van der Waals surface area contributed by atoms with Gasteiger partial charge in [0, 0.05) is 23.7 Å². The van der Waals surface area contributed by atoms with Crippen molar-refractivity contribution in [3.8, 4) is 0 Å². The molecule has 0 saturated heterocycles. The topological polar surface area (TPSA) is 81.2 Å². The van der Waals surface area contributed by atoms with Gasteiger partial charge in [0.2, 0.25) is 0 Å². The molecule has 3 aromatic rings. The zero-order valence-electron chi connectivity index (χ0n) is 11.0. The van der Waals surface area contributed by atoms with E-state index in [1.807, 2.05) is 0 Å². The highest BCUT2D eigenvalue weighted by molar-refractivity contribution is 6.30. The maximum Gasteiger partial charge on any atom is 0.294 e. The van der Waals surface area contributed by atoms with E-state index in [2.05, 4.69) is 10.3 Å². The molecule has 0 spiro atoms. The third kappa shape index (κ3) is 2.66. The molecular weight excluding hydrogens is 294 g/mol. The molecule has 7 heteroatoms. The number of fused-ring (bicyclic) bond motifs is 1. The minimum Gasteiger partial charge on any atom is -0.441 e. The Morgan fingerprint density at radius 1 is 1.29 bits per heavy atom. The second kappa shape index (κ2) is 5.06. The van der Waals surface area contributed by atoms with Crippen molar-refractivity contribution in [2.75, 3.05) is 5.32 Å². The molecule has 0 aliphatic rings. The summed E-state index contributed by atoms with van der Waals surface area (Å²) in [5.74, 6) is 0.569. The van der Waals surface area contributed by atoms with Gasteiger partial charge in [-0.2, -0.15) is 0 Å². The quantitative estimate of drug-likeness (QED) is 0.571. The Labute approximate surface area is 124 Å². The Kier molecular flexibility index (Phi) is 3.23. The van der Waals surface area contributed by atoms with E-state index in [0.29, 0.717) is 33.4 Å². The van der Waals surface area contributed by atoms with Gasteiger partial charge in [-0.15, -0.1) is 0 Å². The summed E-state index contributed by atoms with van der Waals surface area (Å²) in [4.78, 5) is 14.8. The van der Waals surface area contributed by atoms with Crippen molar-refractivity contribution in [2.45, 2.75) is 6.92 Å². The second-order valence-electron chi connectivity index (χ2n) is 4.46. The van der Waals surface area contributed by atoms with Crippen LogP contribution in [0.15, 0.2) is 40.8 Å². The van der Waals surface area contributed by atoms with E-state index >= 15 is 0 Å². The summed E-state index contributed by atoms with van der Waals surface area (Å²) in [7, 11) is 0. The second-order valence-corrected chi connectivity index (χ2v) is 4.90. The summed E-state index contributed by atoms with van der Waals surface area (Å²) in [6, 6.07) is 9.77. The van der Waals surface area contributed by atoms with Crippen LogP contribution in [0.25, 0.3) is 11.1 Å². The molecule has 21 heavy (non-hydrogen) atoms. The summed E-state index contributed by atoms with van der Waals surface area (Å²) in [6.07, 6.45) is 0. The minimum atomic E-state index is -0.479. The summed E-state index contributed by atoms with van der Waals surface area (Å²) in [5, 5.41) is 14.4. The average Bonchev–Trinajstić information content (AvgIpc) is 2.80. The van der Waals surface area contributed by atoms with Crippen LogP contribution < -0.4 is 5.32 Å². The van der Waals surface area contributed by atoms with Gasteiger partial charge >= 0.3 is 0 Å². The summed E-state index contributed by atoms with van der Waals surface area (Å²) in [6.45, 7) is 1.76. The van der Waals surface area contributed by atoms with Gasteiger partial charge in [-0.05, 0) is 30.3 Å². The number of benzene rings is 2. The highest BCUT2D eigenvalue weighted by atomic mass is 35.5. The van der Waals surface area contributed by atoms with Crippen molar-refractivity contribution in [2.24, 2.45) is 0 Å². The van der Waals surface area contributed by atoms with Gasteiger partial charge in [0.25, 0.3) is 5.69 Å². The number of nitrogens with zero attached hydrogens (tertiary/aromatic N) is 2. The number of nitro groups is 1. The van der Waals surface area contributed by atoms with Crippen LogP contribution in [0.5, 0.6) is 0 Å². The van der Waals surface area contributed by atoms with Crippen LogP contribution in [0.2, 0.25) is 5.02 Å². The Bertz CT molecular complexity index is 845. The zero-order valence-corrected chi connectivity index (χ0v) is 11.7. The predicted octanol–water partition coefficient (Wildman–Crippen LogP) is 4.44. The van der Waals surface area contributed by atoms with Crippen molar-refractivity contribution in [3.05, 3.63) is 57.4 Å². The SMILES string of the molecule is Cc1nc2cc(Nc3ccc(Cl)cc3[N+](=O)[O-])ccc2o1. The smallest absolute Gasteiger partial charge is 0.294 e. The normalized spacial score (nSPS) is 10.8. The number of nitro benzene ring substituents is 1. The number of nitrogens with one attached hydrogen (secondary N) is 1. The van der Waals surface area contributed by atoms with Crippen LogP contribution in [0, 0.1) is 17.0 Å². The maximum absolute atomic E-state index is 11.1. The van der Waals surface area contributed by atoms with E-state index in [-0.39, 0.29) is 5.69 Å². The zero-order chi connectivity index (χ0) is 15.0. The molecule has 106 valence electrons. The van der Waals surface area contributed by atoms with Gasteiger partial charge < -0.3 is 9.73 Å². The molecule has 0 aliphatic carbocycles. The largest absolute Gasteiger partial charge is 0.441 e. The Morgan fingerprint density at radius 3 is 2.86 bits per heavy atom. The summed E-state index contributed by atoms with van der Waals surface area (Å²) in [5.41, 5.74) is 2.32. The summed E-state index contributed by atoms with van der Waals surface area (Å²) < 4.78 is 5.39. The van der Waals surface area contributed by atoms with Gasteiger partial charge in [-0.25, -0.2) is 4.98 Å². The van der Waals surface area contributed by atoms with Crippen LogP contribution in [-0.4, -0.2) is 9.91 Å². The highest BCUT2D eigenvalue weighted by Gasteiger charge is 2.14. The van der Waals surface area contributed by atoms with Gasteiger partial charge in [0.1, 0.15) is 11.2 Å². The molecule has 0 atom stereocenters. The molecule has 0 fully saturated rings. The third-order valence-electron chi connectivity index (χ3n) is 2.93. The maximum atomic E-state index is 11.1. The van der Waals surface area contributed by atoms with Crippen LogP contribution in [0.1, 0.15) is 5.89 Å². The lowest BCUT2D eigenvalue weighted by molar-refractivity contribution is -0.383. The number of hydrogen-bond donors (Lipinski definition) is 1. The molecule has 0 aliphatic heterocycles. The first-order valence-corrected chi connectivity index (χ1v) is 6.49. The van der Waals surface area contributed by atoms with Crippen LogP contribution in [-0.2, 0) is 0 Å². The van der Waals surface area contributed by atoms with Gasteiger partial charge in [0.15, 0.2) is 11.5 Å². The number of oxazole rings is 1. The fraction of sp³-hybridized carbons (Fsp3) is 0.0714. The lowest BCUT2D eigenvalue weighted by atomic mass is 10.2. The number of anilines is 2. The van der Waals surface area contributed by atoms with E-state index in [1.54, 1.807) is 37.3 Å². The first-order valence-electron chi connectivity index (χ1n) is 6.11. The molecule has 0 radical (unpaired) electrons. The third-order valence-corrected chi connectivity index (χ3v) is 3.17. The Balaban J connectivity index is 1.99. The van der Waals surface area contributed by atoms with Crippen molar-refractivity contribution in [1.82, 2.24) is 4.98 Å². The number of rotatable bonds is 3. The first kappa shape index (κ1) is 13.4. The van der Waals surface area contributed by atoms with Crippen LogP contribution >= 0.6 is 11.6 Å². The molecule has 3 rings (SSSR count). The highest BCUT2D eigenvalue weighted by Crippen LogP contribution is 2.31. The first-order chi connectivity index (χ1) is 10.0. The predicted molar refractivity (Wildman–Crippen MR) is 80.1 cm³/mol. The molecular formula is C14H10ClN3O3. The van der Waals surface area contributed by atoms with Gasteiger partial charge in [-0.3, -0.25) is 10.1 Å². The van der Waals surface area contributed by atoms with Crippen LogP contribution in [0.4, 0.5) is 17.1 Å². The van der Waals surface area contributed by atoms with E-state index in [0.717, 1.165) is 0 Å². The molecule has 1 aromatic heterocycles. The van der Waals surface area contributed by atoms with Crippen molar-refractivity contribution < 1.29 is 9.34 Å². The van der Waals surface area contributed by atoms with Gasteiger partial charge in [0.05, 0.1) is 4.92 Å². The minimum absolute atomic E-state index is 0.0843. The van der Waals surface area contributed by atoms with Gasteiger partial charge in [-0.1, -0.05) is 11.6 Å². The lowest BCUT2D eigenvalue weighted by Crippen LogP contribution is -1.96. The Morgan fingerprint density at radius 2 is 2.10 bits per heavy atom.